The maximum absolute atomic E-state index is 12.6. The monoisotopic (exact) mass is 416 g/mol. The molecule has 0 saturated carbocycles. The molecule has 30 heavy (non-hydrogen) atoms. The van der Waals surface area contributed by atoms with E-state index in [0.29, 0.717) is 18.0 Å². The zero-order valence-corrected chi connectivity index (χ0v) is 16.2. The number of hydrogen-bond donors (Lipinski definition) is 1. The Morgan fingerprint density at radius 1 is 1.13 bits per heavy atom. The van der Waals surface area contributed by atoms with Gasteiger partial charge in [-0.1, -0.05) is 30.4 Å². The largest absolute Gasteiger partial charge is 0.465 e. The van der Waals surface area contributed by atoms with Crippen molar-refractivity contribution in [3.8, 4) is 6.01 Å². The molecule has 0 spiro atoms. The van der Waals surface area contributed by atoms with Crippen molar-refractivity contribution in [1.29, 1.82) is 0 Å². The van der Waals surface area contributed by atoms with Crippen molar-refractivity contribution in [2.45, 2.75) is 32.5 Å². The third-order valence-corrected chi connectivity index (χ3v) is 4.45. The molecule has 0 fully saturated rings. The van der Waals surface area contributed by atoms with Crippen LogP contribution in [0.2, 0.25) is 0 Å². The molecule has 1 N–H and O–H groups in total. The van der Waals surface area contributed by atoms with E-state index in [0.717, 1.165) is 17.7 Å². The molecule has 0 radical (unpaired) electrons. The third kappa shape index (κ3) is 5.16. The van der Waals surface area contributed by atoms with Crippen LogP contribution in [0.3, 0.4) is 0 Å². The number of aryl methyl sites for hydroxylation is 1. The Hall–Kier alpha value is -3.36. The van der Waals surface area contributed by atoms with E-state index in [9.17, 15) is 13.2 Å². The molecule has 2 heterocycles. The fourth-order valence-electron chi connectivity index (χ4n) is 3.12. The summed E-state index contributed by atoms with van der Waals surface area (Å²) in [6, 6.07) is 9.25. The smallest absolute Gasteiger partial charge is 0.422 e. The highest BCUT2D eigenvalue weighted by Gasteiger charge is 2.29. The summed E-state index contributed by atoms with van der Waals surface area (Å²) in [5, 5.41) is 2.95. The first-order valence-corrected chi connectivity index (χ1v) is 9.36. The number of furan rings is 1. The predicted molar refractivity (Wildman–Crippen MR) is 104 cm³/mol. The predicted octanol–water partition coefficient (Wildman–Crippen LogP) is 4.49. The Balaban J connectivity index is 1.54. The maximum Gasteiger partial charge on any atom is 0.422 e. The Labute approximate surface area is 170 Å². The van der Waals surface area contributed by atoms with E-state index in [1.165, 1.54) is 11.1 Å². The van der Waals surface area contributed by atoms with Crippen molar-refractivity contribution in [3.05, 3.63) is 70.4 Å². The van der Waals surface area contributed by atoms with Crippen molar-refractivity contribution in [2.24, 2.45) is 0 Å². The summed E-state index contributed by atoms with van der Waals surface area (Å²) >= 11 is 0. The van der Waals surface area contributed by atoms with E-state index < -0.39 is 12.8 Å². The van der Waals surface area contributed by atoms with Gasteiger partial charge in [0.2, 0.25) is 5.95 Å². The number of ether oxygens (including phenoxy) is 1. The molecule has 0 saturated heterocycles. The fourth-order valence-corrected chi connectivity index (χ4v) is 3.12. The van der Waals surface area contributed by atoms with Gasteiger partial charge in [0.05, 0.1) is 6.54 Å². The van der Waals surface area contributed by atoms with Crippen LogP contribution >= 0.6 is 0 Å². The number of fused-ring (bicyclic) bond motifs is 1. The second kappa shape index (κ2) is 8.17. The van der Waals surface area contributed by atoms with Crippen LogP contribution in [0, 0.1) is 6.92 Å². The minimum atomic E-state index is -4.49. The lowest BCUT2D eigenvalue weighted by Gasteiger charge is -2.11. The lowest BCUT2D eigenvalue weighted by atomic mass is 10.0. The van der Waals surface area contributed by atoms with Crippen molar-refractivity contribution in [2.75, 3.05) is 11.9 Å². The van der Waals surface area contributed by atoms with Crippen LogP contribution in [-0.2, 0) is 19.4 Å². The fraction of sp³-hybridized carbons (Fsp3) is 0.286. The van der Waals surface area contributed by atoms with Gasteiger partial charge in [0, 0.05) is 6.42 Å². The normalized spacial score (nSPS) is 12.8. The van der Waals surface area contributed by atoms with E-state index in [4.69, 9.17) is 9.15 Å². The van der Waals surface area contributed by atoms with Gasteiger partial charge >= 0.3 is 12.2 Å². The number of benzene rings is 1. The molecule has 6 nitrogen and oxygen atoms in total. The van der Waals surface area contributed by atoms with Crippen molar-refractivity contribution >= 4 is 12.0 Å². The second-order valence-corrected chi connectivity index (χ2v) is 6.94. The minimum Gasteiger partial charge on any atom is -0.465 e. The summed E-state index contributed by atoms with van der Waals surface area (Å²) in [5.74, 6) is 1.84. The highest BCUT2D eigenvalue weighted by Crippen LogP contribution is 2.22. The average Bonchev–Trinajstić information content (AvgIpc) is 3.32. The van der Waals surface area contributed by atoms with Crippen molar-refractivity contribution in [3.63, 3.8) is 0 Å². The number of hydrogen-bond acceptors (Lipinski definition) is 6. The van der Waals surface area contributed by atoms with Gasteiger partial charge in [-0.2, -0.15) is 28.1 Å². The van der Waals surface area contributed by atoms with Gasteiger partial charge in [-0.15, -0.1) is 0 Å². The number of rotatable bonds is 7. The lowest BCUT2D eigenvalue weighted by molar-refractivity contribution is -0.154. The second-order valence-electron chi connectivity index (χ2n) is 6.94. The summed E-state index contributed by atoms with van der Waals surface area (Å²) < 4.78 is 47.9. The van der Waals surface area contributed by atoms with E-state index in [1.54, 1.807) is 6.07 Å². The standard InChI is InChI=1S/C21H19F3N4O2/c1-13-5-8-17(30-13)11-25-19-26-18(27-20(28-19)29-12-21(22,23)24)10-14-6-7-15-3-2-4-16(15)9-14/h2-3,5-9H,4,10-12H2,1H3,(H,25,26,27,28). The van der Waals surface area contributed by atoms with Crippen LogP contribution in [0.25, 0.3) is 6.08 Å². The van der Waals surface area contributed by atoms with Crippen LogP contribution in [-0.4, -0.2) is 27.7 Å². The summed E-state index contributed by atoms with van der Waals surface area (Å²) in [4.78, 5) is 12.3. The van der Waals surface area contributed by atoms with E-state index in [1.807, 2.05) is 31.2 Å². The van der Waals surface area contributed by atoms with E-state index >= 15 is 0 Å². The Bertz CT molecular complexity index is 1080. The molecule has 1 aromatic carbocycles. The molecule has 0 unspecified atom stereocenters. The van der Waals surface area contributed by atoms with Crippen molar-refractivity contribution < 1.29 is 22.3 Å². The molecule has 2 aromatic heterocycles. The molecule has 3 aromatic rings. The topological polar surface area (TPSA) is 73.1 Å². The third-order valence-electron chi connectivity index (χ3n) is 4.45. The Kier molecular flexibility index (Phi) is 5.43. The Morgan fingerprint density at radius 2 is 2.00 bits per heavy atom. The molecule has 1 aliphatic rings. The number of halogens is 3. The maximum atomic E-state index is 12.6. The molecular weight excluding hydrogens is 397 g/mol. The number of nitrogens with zero attached hydrogens (tertiary/aromatic N) is 3. The number of allylic oxidation sites excluding steroid dienone is 1. The van der Waals surface area contributed by atoms with E-state index in [-0.39, 0.29) is 18.5 Å². The number of aromatic nitrogens is 3. The number of alkyl halides is 3. The van der Waals surface area contributed by atoms with Crippen LogP contribution in [0.5, 0.6) is 6.01 Å². The zero-order valence-electron chi connectivity index (χ0n) is 16.2. The molecule has 4 rings (SSSR count). The zero-order chi connectivity index (χ0) is 21.1. The molecule has 1 aliphatic carbocycles. The first kappa shape index (κ1) is 19.9. The van der Waals surface area contributed by atoms with Gasteiger partial charge in [0.25, 0.3) is 0 Å². The van der Waals surface area contributed by atoms with Crippen LogP contribution in [0.1, 0.15) is 34.0 Å². The first-order chi connectivity index (χ1) is 14.3. The summed E-state index contributed by atoms with van der Waals surface area (Å²) in [5.41, 5.74) is 3.32. The number of anilines is 1. The molecule has 0 aliphatic heterocycles. The summed E-state index contributed by atoms with van der Waals surface area (Å²) in [6.45, 7) is 0.623. The molecule has 156 valence electrons. The van der Waals surface area contributed by atoms with Gasteiger partial charge in [-0.3, -0.25) is 0 Å². The lowest BCUT2D eigenvalue weighted by Crippen LogP contribution is -2.21. The van der Waals surface area contributed by atoms with Gasteiger partial charge in [0.15, 0.2) is 6.61 Å². The van der Waals surface area contributed by atoms with Crippen LogP contribution in [0.4, 0.5) is 19.1 Å². The van der Waals surface area contributed by atoms with Gasteiger partial charge in [-0.05, 0) is 42.2 Å². The molecule has 9 heteroatoms. The van der Waals surface area contributed by atoms with E-state index in [2.05, 4.69) is 32.4 Å². The van der Waals surface area contributed by atoms with Crippen LogP contribution in [0.15, 0.2) is 40.8 Å². The van der Waals surface area contributed by atoms with Gasteiger partial charge in [-0.25, -0.2) is 0 Å². The molecule has 0 amide bonds. The van der Waals surface area contributed by atoms with Crippen LogP contribution < -0.4 is 10.1 Å². The number of nitrogens with one attached hydrogen (secondary N) is 1. The van der Waals surface area contributed by atoms with Gasteiger partial charge in [0.1, 0.15) is 17.3 Å². The average molecular weight is 416 g/mol. The molecule has 0 atom stereocenters. The van der Waals surface area contributed by atoms with Gasteiger partial charge < -0.3 is 14.5 Å². The quantitative estimate of drug-likeness (QED) is 0.612. The highest BCUT2D eigenvalue weighted by molar-refractivity contribution is 5.60. The summed E-state index contributed by atoms with van der Waals surface area (Å²) in [6.07, 6.45) is 0.851. The summed E-state index contributed by atoms with van der Waals surface area (Å²) in [7, 11) is 0. The van der Waals surface area contributed by atoms with Crippen molar-refractivity contribution in [1.82, 2.24) is 15.0 Å². The minimum absolute atomic E-state index is 0.119. The molecular formula is C21H19F3N4O2. The molecule has 0 bridgehead atoms. The highest BCUT2D eigenvalue weighted by atomic mass is 19.4. The SMILES string of the molecule is Cc1ccc(CNc2nc(Cc3ccc4c(c3)CC=C4)nc(OCC(F)(F)F)n2)o1. The first-order valence-electron chi connectivity index (χ1n) is 9.36. The Morgan fingerprint density at radius 3 is 2.77 bits per heavy atom.